The minimum Gasteiger partial charge on any atom is -0.497 e. The molecular weight excluding hydrogens is 502 g/mol. The largest absolute Gasteiger partial charge is 0.497 e. The molecule has 2 aromatic carbocycles. The number of benzene rings is 2. The first kappa shape index (κ1) is 28.3. The van der Waals surface area contributed by atoms with Crippen molar-refractivity contribution < 1.29 is 23.1 Å². The zero-order valence-electron chi connectivity index (χ0n) is 22.5. The summed E-state index contributed by atoms with van der Waals surface area (Å²) in [6, 6.07) is 10.1. The van der Waals surface area contributed by atoms with Gasteiger partial charge in [0, 0.05) is 48.8 Å². The molecule has 0 aliphatic carbocycles. The van der Waals surface area contributed by atoms with Crippen LogP contribution in [0.15, 0.2) is 55.0 Å². The molecule has 0 unspecified atom stereocenters. The number of carbonyl (C=O) groups excluding carboxylic acids is 2. The molecule has 39 heavy (non-hydrogen) atoms. The SMILES string of the molecule is CCCCCC1(c2cc(F)ccc2F)CN(C(=O)[C@@H](Cc2ccc(OC)cc2)NC(=O)CCc2cnc[nH]2)C1. The highest BCUT2D eigenvalue weighted by Crippen LogP contribution is 2.41. The smallest absolute Gasteiger partial charge is 0.245 e. The van der Waals surface area contributed by atoms with Crippen LogP contribution >= 0.6 is 0 Å². The molecule has 1 aliphatic rings. The fraction of sp³-hybridized carbons (Fsp3) is 0.433. The van der Waals surface area contributed by atoms with Crippen molar-refractivity contribution in [3.8, 4) is 5.75 Å². The number of unbranched alkanes of at least 4 members (excludes halogenated alkanes) is 2. The van der Waals surface area contributed by atoms with Gasteiger partial charge in [-0.15, -0.1) is 0 Å². The van der Waals surface area contributed by atoms with E-state index in [0.29, 0.717) is 30.6 Å². The first-order valence-corrected chi connectivity index (χ1v) is 13.5. The third-order valence-electron chi connectivity index (χ3n) is 7.47. The van der Waals surface area contributed by atoms with Crippen molar-refractivity contribution in [2.45, 2.75) is 63.3 Å². The summed E-state index contributed by atoms with van der Waals surface area (Å²) in [6.07, 6.45) is 7.67. The molecule has 3 aromatic rings. The number of hydrogen-bond acceptors (Lipinski definition) is 4. The normalized spacial score (nSPS) is 14.9. The minimum atomic E-state index is -0.793. The molecule has 2 amide bonds. The van der Waals surface area contributed by atoms with Gasteiger partial charge in [-0.3, -0.25) is 9.59 Å². The van der Waals surface area contributed by atoms with Crippen molar-refractivity contribution in [3.63, 3.8) is 0 Å². The van der Waals surface area contributed by atoms with Crippen LogP contribution in [0.25, 0.3) is 0 Å². The van der Waals surface area contributed by atoms with Gasteiger partial charge in [0.15, 0.2) is 0 Å². The molecule has 2 N–H and O–H groups in total. The standard InChI is InChI=1S/C30H36F2N4O3/c1-3-4-5-14-30(25-16-22(31)8-12-26(25)32)18-36(19-30)29(38)27(15-21-6-10-24(39-2)11-7-21)35-28(37)13-9-23-17-33-20-34-23/h6-8,10-12,16-17,20,27H,3-5,9,13-15,18-19H2,1-2H3,(H,33,34)(H,35,37)/t27-/m1/s1. The number of likely N-dealkylation sites (tertiary alicyclic amines) is 1. The Morgan fingerprint density at radius 1 is 1.15 bits per heavy atom. The lowest BCUT2D eigenvalue weighted by Crippen LogP contribution is -2.65. The molecule has 1 aromatic heterocycles. The van der Waals surface area contributed by atoms with Crippen LogP contribution in [0.1, 0.15) is 55.8 Å². The van der Waals surface area contributed by atoms with Crippen LogP contribution in [0.5, 0.6) is 5.75 Å². The molecule has 1 saturated heterocycles. The third kappa shape index (κ3) is 7.02. The van der Waals surface area contributed by atoms with Crippen LogP contribution in [-0.4, -0.2) is 52.9 Å². The molecule has 0 bridgehead atoms. The lowest BCUT2D eigenvalue weighted by molar-refractivity contribution is -0.143. The van der Waals surface area contributed by atoms with Gasteiger partial charge in [0.2, 0.25) is 11.8 Å². The highest BCUT2D eigenvalue weighted by Gasteiger charge is 2.48. The highest BCUT2D eigenvalue weighted by atomic mass is 19.1. The van der Waals surface area contributed by atoms with Crippen molar-refractivity contribution in [1.29, 1.82) is 0 Å². The lowest BCUT2D eigenvalue weighted by atomic mass is 9.69. The summed E-state index contributed by atoms with van der Waals surface area (Å²) < 4.78 is 34.2. The molecule has 0 saturated carbocycles. The Labute approximate surface area is 228 Å². The number of aromatic nitrogens is 2. The second kappa shape index (κ2) is 12.9. The van der Waals surface area contributed by atoms with Crippen LogP contribution in [0.4, 0.5) is 8.78 Å². The van der Waals surface area contributed by atoms with Crippen molar-refractivity contribution in [2.75, 3.05) is 20.2 Å². The van der Waals surface area contributed by atoms with Crippen molar-refractivity contribution in [3.05, 3.63) is 83.4 Å². The summed E-state index contributed by atoms with van der Waals surface area (Å²) in [5.41, 5.74) is 1.37. The van der Waals surface area contributed by atoms with Gasteiger partial charge in [-0.1, -0.05) is 38.3 Å². The van der Waals surface area contributed by atoms with E-state index in [2.05, 4.69) is 22.2 Å². The lowest BCUT2D eigenvalue weighted by Gasteiger charge is -2.52. The van der Waals surface area contributed by atoms with E-state index in [1.54, 1.807) is 24.5 Å². The molecule has 2 heterocycles. The van der Waals surface area contributed by atoms with Gasteiger partial charge in [-0.2, -0.15) is 0 Å². The number of nitrogens with zero attached hydrogens (tertiary/aromatic N) is 2. The Hall–Kier alpha value is -3.75. The topological polar surface area (TPSA) is 87.3 Å². The maximum atomic E-state index is 14.9. The number of rotatable bonds is 13. The summed E-state index contributed by atoms with van der Waals surface area (Å²) >= 11 is 0. The number of methoxy groups -OCH3 is 1. The molecule has 0 spiro atoms. The number of amides is 2. The molecule has 208 valence electrons. The second-order valence-corrected chi connectivity index (χ2v) is 10.3. The molecule has 1 aliphatic heterocycles. The maximum Gasteiger partial charge on any atom is 0.245 e. The Morgan fingerprint density at radius 3 is 2.59 bits per heavy atom. The van der Waals surface area contributed by atoms with E-state index < -0.39 is 23.1 Å². The van der Waals surface area contributed by atoms with Gasteiger partial charge in [0.25, 0.3) is 0 Å². The molecule has 1 atom stereocenters. The van der Waals surface area contributed by atoms with E-state index >= 15 is 0 Å². The summed E-state index contributed by atoms with van der Waals surface area (Å²) in [5, 5.41) is 2.92. The Morgan fingerprint density at radius 2 is 1.92 bits per heavy atom. The van der Waals surface area contributed by atoms with Crippen molar-refractivity contribution >= 4 is 11.8 Å². The fourth-order valence-corrected chi connectivity index (χ4v) is 5.27. The van der Waals surface area contributed by atoms with E-state index in [0.717, 1.165) is 42.7 Å². The van der Waals surface area contributed by atoms with Crippen molar-refractivity contribution in [1.82, 2.24) is 20.2 Å². The molecule has 9 heteroatoms. The number of carbonyl (C=O) groups is 2. The fourth-order valence-electron chi connectivity index (χ4n) is 5.27. The average Bonchev–Trinajstić information content (AvgIpc) is 3.44. The van der Waals surface area contributed by atoms with Gasteiger partial charge in [0.05, 0.1) is 13.4 Å². The average molecular weight is 539 g/mol. The second-order valence-electron chi connectivity index (χ2n) is 10.3. The number of H-pyrrole nitrogens is 1. The molecule has 7 nitrogen and oxygen atoms in total. The van der Waals surface area contributed by atoms with E-state index in [9.17, 15) is 18.4 Å². The predicted molar refractivity (Wildman–Crippen MR) is 144 cm³/mol. The molecular formula is C30H36F2N4O3. The van der Waals surface area contributed by atoms with E-state index in [4.69, 9.17) is 4.74 Å². The zero-order valence-corrected chi connectivity index (χ0v) is 22.5. The summed E-state index contributed by atoms with van der Waals surface area (Å²) in [6.45, 7) is 2.64. The highest BCUT2D eigenvalue weighted by molar-refractivity contribution is 5.88. The predicted octanol–water partition coefficient (Wildman–Crippen LogP) is 4.72. The number of aromatic amines is 1. The summed E-state index contributed by atoms with van der Waals surface area (Å²) in [7, 11) is 1.58. The van der Waals surface area contributed by atoms with Gasteiger partial charge in [0.1, 0.15) is 23.4 Å². The van der Waals surface area contributed by atoms with Crippen molar-refractivity contribution in [2.24, 2.45) is 0 Å². The zero-order chi connectivity index (χ0) is 27.8. The molecule has 4 rings (SSSR count). The van der Waals surface area contributed by atoms with Gasteiger partial charge < -0.3 is 19.9 Å². The quantitative estimate of drug-likeness (QED) is 0.309. The van der Waals surface area contributed by atoms with Crippen LogP contribution in [-0.2, 0) is 27.8 Å². The number of nitrogens with one attached hydrogen (secondary N) is 2. The van der Waals surface area contributed by atoms with E-state index in [1.165, 1.54) is 6.07 Å². The number of halogens is 2. The number of ether oxygens (including phenoxy) is 1. The van der Waals surface area contributed by atoms with E-state index in [1.807, 2.05) is 24.3 Å². The third-order valence-corrected chi connectivity index (χ3v) is 7.47. The van der Waals surface area contributed by atoms with Crippen LogP contribution in [0.3, 0.4) is 0 Å². The monoisotopic (exact) mass is 538 g/mol. The Bertz CT molecular complexity index is 1240. The van der Waals surface area contributed by atoms with E-state index in [-0.39, 0.29) is 31.3 Å². The Kier molecular flexibility index (Phi) is 9.32. The maximum absolute atomic E-state index is 14.9. The van der Waals surface area contributed by atoms with Gasteiger partial charge in [-0.25, -0.2) is 13.8 Å². The molecule has 0 radical (unpaired) electrons. The Balaban J connectivity index is 1.50. The molecule has 1 fully saturated rings. The van der Waals surface area contributed by atoms with Crippen LogP contribution < -0.4 is 10.1 Å². The summed E-state index contributed by atoms with van der Waals surface area (Å²) in [4.78, 5) is 35.2. The first-order chi connectivity index (χ1) is 18.8. The number of aryl methyl sites for hydroxylation is 1. The van der Waals surface area contributed by atoms with Gasteiger partial charge in [-0.05, 0) is 48.7 Å². The van der Waals surface area contributed by atoms with Crippen LogP contribution in [0.2, 0.25) is 0 Å². The first-order valence-electron chi connectivity index (χ1n) is 13.5. The number of imidazole rings is 1. The number of hydrogen-bond donors (Lipinski definition) is 2. The van der Waals surface area contributed by atoms with Gasteiger partial charge >= 0.3 is 0 Å². The summed E-state index contributed by atoms with van der Waals surface area (Å²) in [5.74, 6) is -0.734. The minimum absolute atomic E-state index is 0.198. The van der Waals surface area contributed by atoms with Crippen LogP contribution in [0, 0.1) is 11.6 Å².